The summed E-state index contributed by atoms with van der Waals surface area (Å²) in [5, 5.41) is 3.88. The van der Waals surface area contributed by atoms with Gasteiger partial charge in [-0.1, -0.05) is 31.5 Å². The van der Waals surface area contributed by atoms with Gasteiger partial charge in [-0.15, -0.1) is 0 Å². The SMILES string of the molecule is CCCCOc1ccc(C(=O)Nc2ccc(N3CCN(C(=O)c4cc5ccccc5o4)CC3)cc2)cc1. The van der Waals surface area contributed by atoms with Gasteiger partial charge < -0.3 is 24.3 Å². The zero-order valence-corrected chi connectivity index (χ0v) is 21.0. The highest BCUT2D eigenvalue weighted by molar-refractivity contribution is 6.04. The highest BCUT2D eigenvalue weighted by Gasteiger charge is 2.24. The molecule has 0 bridgehead atoms. The van der Waals surface area contributed by atoms with Gasteiger partial charge in [-0.05, 0) is 67.1 Å². The van der Waals surface area contributed by atoms with E-state index in [0.29, 0.717) is 31.0 Å². The minimum Gasteiger partial charge on any atom is -0.494 e. The number of carbonyl (C=O) groups is 2. The standard InChI is InChI=1S/C30H31N3O4/c1-2-3-20-36-26-14-8-22(9-15-26)29(34)31-24-10-12-25(13-11-24)32-16-18-33(19-17-32)30(35)28-21-23-6-4-5-7-27(23)37-28/h4-15,21H,2-3,16-20H2,1H3,(H,31,34). The van der Waals surface area contributed by atoms with Crippen molar-refractivity contribution >= 4 is 34.2 Å². The molecule has 7 heteroatoms. The second-order valence-electron chi connectivity index (χ2n) is 9.16. The van der Waals surface area contributed by atoms with Gasteiger partial charge in [0, 0.05) is 48.5 Å². The number of anilines is 2. The van der Waals surface area contributed by atoms with E-state index in [1.165, 1.54) is 0 Å². The number of para-hydroxylation sites is 1. The molecule has 0 spiro atoms. The number of nitrogens with one attached hydrogen (secondary N) is 1. The van der Waals surface area contributed by atoms with E-state index in [-0.39, 0.29) is 11.8 Å². The average molecular weight is 498 g/mol. The quantitative estimate of drug-likeness (QED) is 0.310. The molecule has 0 radical (unpaired) electrons. The first-order valence-corrected chi connectivity index (χ1v) is 12.8. The number of fused-ring (bicyclic) bond motifs is 1. The van der Waals surface area contributed by atoms with Crippen molar-refractivity contribution in [3.8, 4) is 5.75 Å². The molecular weight excluding hydrogens is 466 g/mol. The zero-order valence-electron chi connectivity index (χ0n) is 21.0. The maximum Gasteiger partial charge on any atom is 0.289 e. The predicted octanol–water partition coefficient (Wildman–Crippen LogP) is 5.83. The van der Waals surface area contributed by atoms with Crippen LogP contribution >= 0.6 is 0 Å². The molecular formula is C30H31N3O4. The number of piperazine rings is 1. The van der Waals surface area contributed by atoms with E-state index in [0.717, 1.165) is 54.0 Å². The molecule has 190 valence electrons. The molecule has 0 aliphatic carbocycles. The number of nitrogens with zero attached hydrogens (tertiary/aromatic N) is 2. The summed E-state index contributed by atoms with van der Waals surface area (Å²) >= 11 is 0. The summed E-state index contributed by atoms with van der Waals surface area (Å²) in [5.74, 6) is 0.919. The first-order chi connectivity index (χ1) is 18.1. The van der Waals surface area contributed by atoms with Crippen molar-refractivity contribution in [2.45, 2.75) is 19.8 Å². The topological polar surface area (TPSA) is 75.0 Å². The summed E-state index contributed by atoms with van der Waals surface area (Å²) in [4.78, 5) is 29.6. The molecule has 1 aromatic heterocycles. The van der Waals surface area contributed by atoms with Crippen LogP contribution in [0.15, 0.2) is 83.3 Å². The van der Waals surface area contributed by atoms with Gasteiger partial charge in [0.2, 0.25) is 0 Å². The minimum atomic E-state index is -0.162. The van der Waals surface area contributed by atoms with Crippen molar-refractivity contribution in [2.75, 3.05) is 43.0 Å². The van der Waals surface area contributed by atoms with E-state index in [1.54, 1.807) is 12.1 Å². The van der Waals surface area contributed by atoms with Crippen molar-refractivity contribution in [3.63, 3.8) is 0 Å². The number of rotatable bonds is 8. The van der Waals surface area contributed by atoms with E-state index in [2.05, 4.69) is 17.1 Å². The number of amides is 2. The van der Waals surface area contributed by atoms with Crippen molar-refractivity contribution in [2.24, 2.45) is 0 Å². The lowest BCUT2D eigenvalue weighted by Crippen LogP contribution is -2.48. The number of unbranched alkanes of at least 4 members (excludes halogenated alkanes) is 1. The van der Waals surface area contributed by atoms with Gasteiger partial charge in [0.25, 0.3) is 11.8 Å². The Labute approximate surface area is 216 Å². The van der Waals surface area contributed by atoms with Gasteiger partial charge in [0.1, 0.15) is 11.3 Å². The molecule has 0 saturated carbocycles. The van der Waals surface area contributed by atoms with E-state index in [1.807, 2.05) is 71.6 Å². The Morgan fingerprint density at radius 3 is 2.35 bits per heavy atom. The van der Waals surface area contributed by atoms with Gasteiger partial charge in [-0.25, -0.2) is 0 Å². The van der Waals surface area contributed by atoms with Gasteiger partial charge in [0.15, 0.2) is 5.76 Å². The van der Waals surface area contributed by atoms with E-state index < -0.39 is 0 Å². The Bertz CT molecular complexity index is 1320. The first kappa shape index (κ1) is 24.4. The first-order valence-electron chi connectivity index (χ1n) is 12.8. The molecule has 37 heavy (non-hydrogen) atoms. The highest BCUT2D eigenvalue weighted by Crippen LogP contribution is 2.23. The number of benzene rings is 3. The molecule has 7 nitrogen and oxygen atoms in total. The third kappa shape index (κ3) is 5.77. The lowest BCUT2D eigenvalue weighted by molar-refractivity contribution is 0.0717. The Hall–Kier alpha value is -4.26. The fraction of sp³-hybridized carbons (Fsp3) is 0.267. The van der Waals surface area contributed by atoms with Crippen LogP contribution in [-0.4, -0.2) is 49.5 Å². The smallest absolute Gasteiger partial charge is 0.289 e. The molecule has 1 aliphatic heterocycles. The van der Waals surface area contributed by atoms with E-state index in [4.69, 9.17) is 9.15 Å². The van der Waals surface area contributed by atoms with Crippen LogP contribution in [-0.2, 0) is 0 Å². The molecule has 1 aliphatic rings. The summed E-state index contributed by atoms with van der Waals surface area (Å²) in [7, 11) is 0. The van der Waals surface area contributed by atoms with Gasteiger partial charge in [0.05, 0.1) is 6.61 Å². The van der Waals surface area contributed by atoms with Crippen molar-refractivity contribution < 1.29 is 18.7 Å². The molecule has 2 heterocycles. The minimum absolute atomic E-state index is 0.0746. The molecule has 2 amide bonds. The molecule has 3 aromatic carbocycles. The van der Waals surface area contributed by atoms with Gasteiger partial charge in [-0.3, -0.25) is 9.59 Å². The van der Waals surface area contributed by atoms with Crippen LogP contribution in [0, 0.1) is 0 Å². The molecule has 0 atom stereocenters. The highest BCUT2D eigenvalue weighted by atomic mass is 16.5. The second-order valence-corrected chi connectivity index (χ2v) is 9.16. The molecule has 1 N–H and O–H groups in total. The number of hydrogen-bond donors (Lipinski definition) is 1. The van der Waals surface area contributed by atoms with Crippen molar-refractivity contribution in [1.29, 1.82) is 0 Å². The number of ether oxygens (including phenoxy) is 1. The van der Waals surface area contributed by atoms with Crippen LogP contribution in [0.2, 0.25) is 0 Å². The van der Waals surface area contributed by atoms with Crippen LogP contribution in [0.25, 0.3) is 11.0 Å². The lowest BCUT2D eigenvalue weighted by atomic mass is 10.2. The number of hydrogen-bond acceptors (Lipinski definition) is 5. The van der Waals surface area contributed by atoms with Crippen LogP contribution in [0.5, 0.6) is 5.75 Å². The molecule has 0 unspecified atom stereocenters. The van der Waals surface area contributed by atoms with Crippen LogP contribution < -0.4 is 15.0 Å². The maximum atomic E-state index is 12.9. The van der Waals surface area contributed by atoms with Crippen LogP contribution in [0.4, 0.5) is 11.4 Å². The predicted molar refractivity (Wildman–Crippen MR) is 146 cm³/mol. The summed E-state index contributed by atoms with van der Waals surface area (Å²) in [6.45, 7) is 5.49. The summed E-state index contributed by atoms with van der Waals surface area (Å²) in [6, 6.07) is 24.5. The van der Waals surface area contributed by atoms with Gasteiger partial charge >= 0.3 is 0 Å². The van der Waals surface area contributed by atoms with E-state index >= 15 is 0 Å². The third-order valence-electron chi connectivity index (χ3n) is 6.58. The Morgan fingerprint density at radius 2 is 1.65 bits per heavy atom. The molecule has 4 aromatic rings. The summed E-state index contributed by atoms with van der Waals surface area (Å²) in [6.07, 6.45) is 2.09. The Morgan fingerprint density at radius 1 is 0.919 bits per heavy atom. The maximum absolute atomic E-state index is 12.9. The summed E-state index contributed by atoms with van der Waals surface area (Å²) < 4.78 is 11.4. The Balaban J connectivity index is 1.13. The molecule has 1 fully saturated rings. The number of furan rings is 1. The average Bonchev–Trinajstić information content (AvgIpc) is 3.38. The van der Waals surface area contributed by atoms with Crippen molar-refractivity contribution in [1.82, 2.24) is 4.90 Å². The normalized spacial score (nSPS) is 13.5. The fourth-order valence-electron chi connectivity index (χ4n) is 4.41. The lowest BCUT2D eigenvalue weighted by Gasteiger charge is -2.35. The van der Waals surface area contributed by atoms with Crippen LogP contribution in [0.1, 0.15) is 40.7 Å². The second kappa shape index (κ2) is 11.2. The Kier molecular flexibility index (Phi) is 7.40. The zero-order chi connectivity index (χ0) is 25.6. The molecule has 5 rings (SSSR count). The fourth-order valence-corrected chi connectivity index (χ4v) is 4.41. The monoisotopic (exact) mass is 497 g/mol. The molecule has 1 saturated heterocycles. The van der Waals surface area contributed by atoms with Crippen molar-refractivity contribution in [3.05, 3.63) is 90.2 Å². The van der Waals surface area contributed by atoms with E-state index in [9.17, 15) is 9.59 Å². The third-order valence-corrected chi connectivity index (χ3v) is 6.58. The van der Waals surface area contributed by atoms with Crippen LogP contribution in [0.3, 0.4) is 0 Å². The largest absolute Gasteiger partial charge is 0.494 e. The number of carbonyl (C=O) groups excluding carboxylic acids is 2. The van der Waals surface area contributed by atoms with Gasteiger partial charge in [-0.2, -0.15) is 0 Å². The summed E-state index contributed by atoms with van der Waals surface area (Å²) in [5.41, 5.74) is 3.10.